The molecule has 8 heteroatoms. The first-order valence-electron chi connectivity index (χ1n) is 7.48. The number of carbonyl (C=O) groups is 1. The minimum absolute atomic E-state index is 0.152. The van der Waals surface area contributed by atoms with E-state index in [1.807, 2.05) is 0 Å². The number of benzene rings is 1. The summed E-state index contributed by atoms with van der Waals surface area (Å²) in [4.78, 5) is 12.0. The Hall–Kier alpha value is -1.48. The second-order valence-electron chi connectivity index (χ2n) is 5.34. The van der Waals surface area contributed by atoms with Gasteiger partial charge in [0.2, 0.25) is 10.0 Å². The van der Waals surface area contributed by atoms with Crippen LogP contribution in [0.1, 0.15) is 18.4 Å². The summed E-state index contributed by atoms with van der Waals surface area (Å²) in [5.74, 6) is -0.346. The molecule has 7 nitrogen and oxygen atoms in total. The molecule has 1 aliphatic rings. The molecule has 0 aromatic heterocycles. The molecule has 0 radical (unpaired) electrons. The van der Waals surface area contributed by atoms with Crippen molar-refractivity contribution < 1.29 is 22.7 Å². The lowest BCUT2D eigenvalue weighted by Crippen LogP contribution is -2.28. The molecule has 1 heterocycles. The van der Waals surface area contributed by atoms with E-state index < -0.39 is 16.1 Å². The molecule has 1 fully saturated rings. The molecule has 1 aliphatic heterocycles. The Bertz CT molecular complexity index is 627. The van der Waals surface area contributed by atoms with Crippen molar-refractivity contribution in [1.29, 1.82) is 0 Å². The summed E-state index contributed by atoms with van der Waals surface area (Å²) in [5.41, 5.74) is 1.16. The smallest absolute Gasteiger partial charge is 0.253 e. The van der Waals surface area contributed by atoms with Crippen LogP contribution in [-0.4, -0.2) is 47.3 Å². The van der Waals surface area contributed by atoms with Gasteiger partial charge in [0.15, 0.2) is 0 Å². The maximum Gasteiger partial charge on any atom is 0.253 e. The lowest BCUT2D eigenvalue weighted by Gasteiger charge is -2.12. The average Bonchev–Trinajstić information content (AvgIpc) is 3.01. The van der Waals surface area contributed by atoms with Gasteiger partial charge in [0.05, 0.1) is 12.4 Å². The molecule has 2 N–H and O–H groups in total. The first-order valence-corrected chi connectivity index (χ1v) is 9.13. The predicted molar refractivity (Wildman–Crippen MR) is 86.5 cm³/mol. The van der Waals surface area contributed by atoms with Gasteiger partial charge in [-0.05, 0) is 30.5 Å². The van der Waals surface area contributed by atoms with Gasteiger partial charge in [0, 0.05) is 25.9 Å². The summed E-state index contributed by atoms with van der Waals surface area (Å²) in [7, 11) is -1.93. The number of nitrogens with one attached hydrogen (secondary N) is 2. The molecule has 1 atom stereocenters. The van der Waals surface area contributed by atoms with E-state index in [1.54, 1.807) is 24.3 Å². The fraction of sp³-hybridized carbons (Fsp3) is 0.533. The van der Waals surface area contributed by atoms with Gasteiger partial charge < -0.3 is 14.8 Å². The van der Waals surface area contributed by atoms with Crippen LogP contribution in [0.3, 0.4) is 0 Å². The number of hydrogen-bond donors (Lipinski definition) is 2. The van der Waals surface area contributed by atoms with Crippen molar-refractivity contribution >= 4 is 21.6 Å². The zero-order chi connectivity index (χ0) is 16.7. The lowest BCUT2D eigenvalue weighted by molar-refractivity contribution is -0.124. The van der Waals surface area contributed by atoms with E-state index in [9.17, 15) is 13.2 Å². The molecule has 0 unspecified atom stereocenters. The van der Waals surface area contributed by atoms with Crippen LogP contribution >= 0.6 is 0 Å². The van der Waals surface area contributed by atoms with Crippen molar-refractivity contribution in [3.63, 3.8) is 0 Å². The molecule has 0 bridgehead atoms. The molecule has 1 aromatic rings. The van der Waals surface area contributed by atoms with Crippen molar-refractivity contribution in [2.24, 2.45) is 0 Å². The van der Waals surface area contributed by atoms with Crippen molar-refractivity contribution in [1.82, 2.24) is 4.72 Å². The standard InChI is InChI=1S/C15H22N2O5S/c1-21-9-7-16-23(19,20)11-12-4-2-5-13(10-12)17-15(18)14-6-3-8-22-14/h2,4-5,10,14,16H,3,6-9,11H2,1H3,(H,17,18)/t14-/m0/s1. The van der Waals surface area contributed by atoms with Gasteiger partial charge >= 0.3 is 0 Å². The van der Waals surface area contributed by atoms with E-state index in [-0.39, 0.29) is 18.2 Å². The zero-order valence-corrected chi connectivity index (χ0v) is 13.9. The van der Waals surface area contributed by atoms with E-state index in [4.69, 9.17) is 9.47 Å². The maximum absolute atomic E-state index is 12.0. The second-order valence-corrected chi connectivity index (χ2v) is 7.14. The van der Waals surface area contributed by atoms with Gasteiger partial charge in [0.1, 0.15) is 6.10 Å². The Morgan fingerprint density at radius 3 is 2.96 bits per heavy atom. The highest BCUT2D eigenvalue weighted by Crippen LogP contribution is 2.17. The third-order valence-corrected chi connectivity index (χ3v) is 4.76. The van der Waals surface area contributed by atoms with Crippen LogP contribution in [0.4, 0.5) is 5.69 Å². The van der Waals surface area contributed by atoms with Crippen LogP contribution < -0.4 is 10.0 Å². The van der Waals surface area contributed by atoms with Crippen LogP contribution in [0.15, 0.2) is 24.3 Å². The van der Waals surface area contributed by atoms with E-state index in [2.05, 4.69) is 10.0 Å². The van der Waals surface area contributed by atoms with Gasteiger partial charge in [-0.2, -0.15) is 0 Å². The van der Waals surface area contributed by atoms with E-state index in [0.717, 1.165) is 6.42 Å². The SMILES string of the molecule is COCCNS(=O)(=O)Cc1cccc(NC(=O)[C@@H]2CCCO2)c1. The average molecular weight is 342 g/mol. The number of rotatable bonds is 8. The summed E-state index contributed by atoms with van der Waals surface area (Å²) in [6.07, 6.45) is 1.17. The van der Waals surface area contributed by atoms with Crippen molar-refractivity contribution in [2.45, 2.75) is 24.7 Å². The highest BCUT2D eigenvalue weighted by molar-refractivity contribution is 7.88. The molecule has 2 rings (SSSR count). The largest absolute Gasteiger partial charge is 0.383 e. The molecule has 128 valence electrons. The van der Waals surface area contributed by atoms with Gasteiger partial charge in [0.25, 0.3) is 5.91 Å². The van der Waals surface area contributed by atoms with Crippen molar-refractivity contribution in [3.8, 4) is 0 Å². The fourth-order valence-electron chi connectivity index (χ4n) is 2.32. The summed E-state index contributed by atoms with van der Waals surface area (Å²) in [6, 6.07) is 6.80. The summed E-state index contributed by atoms with van der Waals surface area (Å²) >= 11 is 0. The highest BCUT2D eigenvalue weighted by Gasteiger charge is 2.23. The molecule has 1 aromatic carbocycles. The normalized spacial score (nSPS) is 18.0. The topological polar surface area (TPSA) is 93.7 Å². The molecule has 1 amide bonds. The Labute approximate surface area is 136 Å². The van der Waals surface area contributed by atoms with Gasteiger partial charge in [-0.3, -0.25) is 4.79 Å². The monoisotopic (exact) mass is 342 g/mol. The second kappa shape index (κ2) is 8.39. The molecule has 0 spiro atoms. The number of hydrogen-bond acceptors (Lipinski definition) is 5. The van der Waals surface area contributed by atoms with Crippen LogP contribution in [-0.2, 0) is 30.0 Å². The zero-order valence-electron chi connectivity index (χ0n) is 13.1. The summed E-state index contributed by atoms with van der Waals surface area (Å²) < 4.78 is 36.5. The van der Waals surface area contributed by atoms with Crippen molar-refractivity contribution in [2.75, 3.05) is 32.2 Å². The van der Waals surface area contributed by atoms with Gasteiger partial charge in [-0.15, -0.1) is 0 Å². The van der Waals surface area contributed by atoms with Gasteiger partial charge in [-0.1, -0.05) is 12.1 Å². The Balaban J connectivity index is 1.95. The van der Waals surface area contributed by atoms with Crippen molar-refractivity contribution in [3.05, 3.63) is 29.8 Å². The summed E-state index contributed by atoms with van der Waals surface area (Å²) in [5, 5.41) is 2.76. The Morgan fingerprint density at radius 1 is 1.43 bits per heavy atom. The number of amides is 1. The molecule has 0 aliphatic carbocycles. The fourth-order valence-corrected chi connectivity index (χ4v) is 3.43. The number of methoxy groups -OCH3 is 1. The number of anilines is 1. The number of ether oxygens (including phenoxy) is 2. The van der Waals surface area contributed by atoms with E-state index in [1.165, 1.54) is 7.11 Å². The van der Waals surface area contributed by atoms with Gasteiger partial charge in [-0.25, -0.2) is 13.1 Å². The molecule has 0 saturated carbocycles. The molecular weight excluding hydrogens is 320 g/mol. The minimum Gasteiger partial charge on any atom is -0.383 e. The van der Waals surface area contributed by atoms with Crippen LogP contribution in [0, 0.1) is 0 Å². The molecule has 1 saturated heterocycles. The minimum atomic E-state index is -3.44. The van der Waals surface area contributed by atoms with Crippen LogP contribution in [0.5, 0.6) is 0 Å². The first kappa shape index (κ1) is 17.9. The summed E-state index contributed by atoms with van der Waals surface area (Å²) in [6.45, 7) is 1.15. The Morgan fingerprint density at radius 2 is 2.26 bits per heavy atom. The number of carbonyl (C=O) groups excluding carboxylic acids is 1. The maximum atomic E-state index is 12.0. The van der Waals surface area contributed by atoms with E-state index >= 15 is 0 Å². The highest BCUT2D eigenvalue weighted by atomic mass is 32.2. The Kier molecular flexibility index (Phi) is 6.52. The third kappa shape index (κ3) is 5.91. The van der Waals surface area contributed by atoms with E-state index in [0.29, 0.717) is 30.9 Å². The number of sulfonamides is 1. The molecule has 23 heavy (non-hydrogen) atoms. The molecular formula is C15H22N2O5S. The van der Waals surface area contributed by atoms with Crippen LogP contribution in [0.2, 0.25) is 0 Å². The first-order chi connectivity index (χ1) is 11.0. The lowest BCUT2D eigenvalue weighted by atomic mass is 10.2. The quantitative estimate of drug-likeness (QED) is 0.684. The predicted octanol–water partition coefficient (Wildman–Crippen LogP) is 0.870. The van der Waals surface area contributed by atoms with Crippen LogP contribution in [0.25, 0.3) is 0 Å². The third-order valence-electron chi connectivity index (χ3n) is 3.40.